The first-order valence-corrected chi connectivity index (χ1v) is 5.42. The van der Waals surface area contributed by atoms with Gasteiger partial charge in [0.15, 0.2) is 22.4 Å². The van der Waals surface area contributed by atoms with Crippen LogP contribution in [0.3, 0.4) is 0 Å². The molecular formula is C12H5ClFN5. The summed E-state index contributed by atoms with van der Waals surface area (Å²) in [6.45, 7) is 0. The number of aromatic nitrogens is 2. The van der Waals surface area contributed by atoms with Gasteiger partial charge in [0.1, 0.15) is 18.0 Å². The molecule has 0 aliphatic heterocycles. The van der Waals surface area contributed by atoms with Gasteiger partial charge in [0.2, 0.25) is 0 Å². The Morgan fingerprint density at radius 1 is 1.16 bits per heavy atom. The highest BCUT2D eigenvalue weighted by Gasteiger charge is 2.12. The van der Waals surface area contributed by atoms with Crippen LogP contribution in [0, 0.1) is 28.5 Å². The summed E-state index contributed by atoms with van der Waals surface area (Å²) < 4.78 is 13.0. The monoisotopic (exact) mass is 273 g/mol. The first-order valence-electron chi connectivity index (χ1n) is 5.04. The van der Waals surface area contributed by atoms with Gasteiger partial charge in [0, 0.05) is 5.69 Å². The van der Waals surface area contributed by atoms with E-state index >= 15 is 0 Å². The Labute approximate surface area is 112 Å². The van der Waals surface area contributed by atoms with Gasteiger partial charge in [-0.3, -0.25) is 0 Å². The molecule has 1 heterocycles. The highest BCUT2D eigenvalue weighted by atomic mass is 35.5. The van der Waals surface area contributed by atoms with Gasteiger partial charge in [0.05, 0.1) is 0 Å². The molecule has 0 radical (unpaired) electrons. The number of nitrogens with zero attached hydrogens (tertiary/aromatic N) is 4. The molecule has 0 spiro atoms. The fourth-order valence-corrected chi connectivity index (χ4v) is 1.53. The van der Waals surface area contributed by atoms with Gasteiger partial charge in [-0.2, -0.15) is 10.5 Å². The molecule has 7 heteroatoms. The molecule has 0 aliphatic rings. The fourth-order valence-electron chi connectivity index (χ4n) is 1.35. The van der Waals surface area contributed by atoms with Crippen molar-refractivity contribution in [3.63, 3.8) is 0 Å². The number of rotatable bonds is 2. The smallest absolute Gasteiger partial charge is 0.179 e. The highest BCUT2D eigenvalue weighted by Crippen LogP contribution is 2.23. The quantitative estimate of drug-likeness (QED) is 0.909. The van der Waals surface area contributed by atoms with Crippen LogP contribution in [-0.4, -0.2) is 9.97 Å². The number of nitriles is 2. The largest absolute Gasteiger partial charge is 0.338 e. The van der Waals surface area contributed by atoms with Crippen LogP contribution in [0.2, 0.25) is 5.15 Å². The molecule has 1 aromatic heterocycles. The van der Waals surface area contributed by atoms with Crippen LogP contribution in [-0.2, 0) is 0 Å². The molecule has 2 rings (SSSR count). The number of hydrogen-bond acceptors (Lipinski definition) is 5. The van der Waals surface area contributed by atoms with Gasteiger partial charge in [-0.25, -0.2) is 14.4 Å². The average Bonchev–Trinajstić information content (AvgIpc) is 2.40. The summed E-state index contributed by atoms with van der Waals surface area (Å²) in [5.74, 6) is -0.342. The second kappa shape index (κ2) is 5.30. The highest BCUT2D eigenvalue weighted by molar-refractivity contribution is 6.31. The lowest BCUT2D eigenvalue weighted by Gasteiger charge is -2.07. The van der Waals surface area contributed by atoms with Gasteiger partial charge >= 0.3 is 0 Å². The van der Waals surface area contributed by atoms with Gasteiger partial charge in [0.25, 0.3) is 0 Å². The summed E-state index contributed by atoms with van der Waals surface area (Å²) in [5.41, 5.74) is 0.105. The van der Waals surface area contributed by atoms with Gasteiger partial charge in [-0.15, -0.1) is 0 Å². The molecule has 2 aromatic rings. The Bertz CT molecular complexity index is 717. The zero-order valence-electron chi connectivity index (χ0n) is 9.35. The molecule has 0 bridgehead atoms. The number of nitrogens with one attached hydrogen (secondary N) is 1. The third kappa shape index (κ3) is 2.76. The predicted molar refractivity (Wildman–Crippen MR) is 66.2 cm³/mol. The van der Waals surface area contributed by atoms with Crippen molar-refractivity contribution in [2.75, 3.05) is 5.32 Å². The molecule has 92 valence electrons. The zero-order valence-corrected chi connectivity index (χ0v) is 10.1. The lowest BCUT2D eigenvalue weighted by atomic mass is 10.3. The average molecular weight is 274 g/mol. The normalized spacial score (nSPS) is 9.47. The van der Waals surface area contributed by atoms with Gasteiger partial charge < -0.3 is 5.32 Å². The molecule has 0 saturated heterocycles. The molecule has 1 N–H and O–H groups in total. The summed E-state index contributed by atoms with van der Waals surface area (Å²) in [5, 5.41) is 20.3. The van der Waals surface area contributed by atoms with E-state index in [1.807, 2.05) is 0 Å². The molecule has 0 unspecified atom stereocenters. The summed E-state index contributed by atoms with van der Waals surface area (Å²) in [6.07, 6.45) is 0. The molecule has 5 nitrogen and oxygen atoms in total. The molecule has 1 aromatic carbocycles. The van der Waals surface area contributed by atoms with Crippen molar-refractivity contribution in [2.24, 2.45) is 0 Å². The van der Waals surface area contributed by atoms with E-state index in [4.69, 9.17) is 22.1 Å². The number of benzene rings is 1. The van der Waals surface area contributed by atoms with Crippen molar-refractivity contribution in [1.29, 1.82) is 10.5 Å². The third-order valence-electron chi connectivity index (χ3n) is 2.15. The Hall–Kier alpha value is -2.70. The van der Waals surface area contributed by atoms with Crippen LogP contribution < -0.4 is 5.32 Å². The second-order valence-corrected chi connectivity index (χ2v) is 3.78. The maximum absolute atomic E-state index is 13.0. The molecule has 0 fully saturated rings. The molecule has 0 aliphatic carbocycles. The number of halogens is 2. The van der Waals surface area contributed by atoms with Crippen molar-refractivity contribution in [2.45, 2.75) is 0 Å². The van der Waals surface area contributed by atoms with Crippen LogP contribution >= 0.6 is 11.6 Å². The predicted octanol–water partition coefficient (Wildman–Crippen LogP) is 2.76. The standard InChI is InChI=1S/C12H5ClFN5/c13-11-12(17-8-3-1-2-7(14)4-8)19-10(6-16)9(5-15)18-11/h1-4H,(H,17,19). The summed E-state index contributed by atoms with van der Waals surface area (Å²) in [6, 6.07) is 9.10. The zero-order chi connectivity index (χ0) is 13.8. The lowest BCUT2D eigenvalue weighted by Crippen LogP contribution is -2.02. The minimum atomic E-state index is -0.428. The summed E-state index contributed by atoms with van der Waals surface area (Å²) in [7, 11) is 0. The molecule has 0 saturated carbocycles. The van der Waals surface area contributed by atoms with E-state index in [1.54, 1.807) is 18.2 Å². The van der Waals surface area contributed by atoms with Crippen molar-refractivity contribution in [1.82, 2.24) is 9.97 Å². The van der Waals surface area contributed by atoms with Crippen LogP contribution in [0.1, 0.15) is 11.4 Å². The van der Waals surface area contributed by atoms with Crippen molar-refractivity contribution in [3.8, 4) is 12.1 Å². The van der Waals surface area contributed by atoms with Crippen LogP contribution in [0.5, 0.6) is 0 Å². The van der Waals surface area contributed by atoms with Gasteiger partial charge in [-0.05, 0) is 18.2 Å². The van der Waals surface area contributed by atoms with Crippen LogP contribution in [0.4, 0.5) is 15.9 Å². The van der Waals surface area contributed by atoms with Crippen LogP contribution in [0.15, 0.2) is 24.3 Å². The van der Waals surface area contributed by atoms with E-state index in [0.29, 0.717) is 5.69 Å². The minimum Gasteiger partial charge on any atom is -0.338 e. The molecule has 0 amide bonds. The van der Waals surface area contributed by atoms with E-state index in [9.17, 15) is 4.39 Å². The second-order valence-electron chi connectivity index (χ2n) is 3.42. The maximum atomic E-state index is 13.0. The topological polar surface area (TPSA) is 85.4 Å². The van der Waals surface area contributed by atoms with E-state index in [0.717, 1.165) is 0 Å². The summed E-state index contributed by atoms with van der Waals surface area (Å²) >= 11 is 5.84. The summed E-state index contributed by atoms with van der Waals surface area (Å²) in [4.78, 5) is 7.62. The maximum Gasteiger partial charge on any atom is 0.179 e. The van der Waals surface area contributed by atoms with Gasteiger partial charge in [-0.1, -0.05) is 17.7 Å². The Morgan fingerprint density at radius 2 is 1.84 bits per heavy atom. The van der Waals surface area contributed by atoms with E-state index in [-0.39, 0.29) is 22.4 Å². The van der Waals surface area contributed by atoms with Crippen molar-refractivity contribution < 1.29 is 4.39 Å². The number of hydrogen-bond donors (Lipinski definition) is 1. The Balaban J connectivity index is 2.42. The fraction of sp³-hybridized carbons (Fsp3) is 0. The van der Waals surface area contributed by atoms with Crippen molar-refractivity contribution >= 4 is 23.1 Å². The molecule has 0 atom stereocenters. The van der Waals surface area contributed by atoms with E-state index in [2.05, 4.69) is 15.3 Å². The molecular weight excluding hydrogens is 269 g/mol. The SMILES string of the molecule is N#Cc1nc(Cl)c(Nc2cccc(F)c2)nc1C#N. The van der Waals surface area contributed by atoms with E-state index in [1.165, 1.54) is 18.2 Å². The minimum absolute atomic E-state index is 0.0696. The first-order chi connectivity index (χ1) is 9.13. The third-order valence-corrected chi connectivity index (χ3v) is 2.42. The lowest BCUT2D eigenvalue weighted by molar-refractivity contribution is 0.628. The van der Waals surface area contributed by atoms with Crippen molar-refractivity contribution in [3.05, 3.63) is 46.6 Å². The van der Waals surface area contributed by atoms with Crippen LogP contribution in [0.25, 0.3) is 0 Å². The first kappa shape index (κ1) is 12.7. The van der Waals surface area contributed by atoms with E-state index < -0.39 is 5.82 Å². The molecule has 19 heavy (non-hydrogen) atoms. The number of anilines is 2. The Kier molecular flexibility index (Phi) is 3.56. The Morgan fingerprint density at radius 3 is 2.47 bits per heavy atom.